The minimum Gasteiger partial charge on any atom is -0.381 e. The van der Waals surface area contributed by atoms with E-state index in [1.807, 2.05) is 43.9 Å². The zero-order valence-corrected chi connectivity index (χ0v) is 14.4. The molecule has 3 rings (SSSR count). The monoisotopic (exact) mass is 325 g/mol. The topological polar surface area (TPSA) is 67.0 Å². The van der Waals surface area contributed by atoms with Crippen LogP contribution >= 0.6 is 0 Å². The van der Waals surface area contributed by atoms with Gasteiger partial charge in [-0.05, 0) is 31.0 Å². The van der Waals surface area contributed by atoms with Gasteiger partial charge in [0.2, 0.25) is 0 Å². The van der Waals surface area contributed by atoms with Crippen LogP contribution in [0.15, 0.2) is 24.5 Å². The lowest BCUT2D eigenvalue weighted by Gasteiger charge is -2.18. The molecule has 0 spiro atoms. The Hall–Kier alpha value is -2.39. The number of aryl methyl sites for hydroxylation is 2. The molecule has 6 heteroatoms. The van der Waals surface area contributed by atoms with Gasteiger partial charge in [-0.15, -0.1) is 0 Å². The molecule has 24 heavy (non-hydrogen) atoms. The van der Waals surface area contributed by atoms with E-state index >= 15 is 0 Å². The summed E-state index contributed by atoms with van der Waals surface area (Å²) in [5.41, 5.74) is 2.64. The summed E-state index contributed by atoms with van der Waals surface area (Å²) in [5.74, 6) is 1.62. The lowest BCUT2D eigenvalue weighted by molar-refractivity contribution is 0.111. The minimum absolute atomic E-state index is 0.360. The zero-order valence-electron chi connectivity index (χ0n) is 14.4. The second kappa shape index (κ2) is 7.02. The summed E-state index contributed by atoms with van der Waals surface area (Å²) in [6.07, 6.45) is 4.02. The van der Waals surface area contributed by atoms with Crippen molar-refractivity contribution in [3.05, 3.63) is 41.3 Å². The third-order valence-electron chi connectivity index (χ3n) is 4.64. The summed E-state index contributed by atoms with van der Waals surface area (Å²) in [6.45, 7) is 7.12. The van der Waals surface area contributed by atoms with Crippen molar-refractivity contribution in [3.8, 4) is 6.07 Å². The number of anilines is 1. The van der Waals surface area contributed by atoms with Gasteiger partial charge < -0.3 is 9.64 Å². The van der Waals surface area contributed by atoms with Crippen molar-refractivity contribution in [3.63, 3.8) is 0 Å². The van der Waals surface area contributed by atoms with Crippen LogP contribution in [0.25, 0.3) is 0 Å². The molecule has 0 radical (unpaired) electrons. The summed E-state index contributed by atoms with van der Waals surface area (Å²) in [7, 11) is 1.94. The van der Waals surface area contributed by atoms with E-state index in [4.69, 9.17) is 4.74 Å². The number of ether oxygens (including phenoxy) is 1. The molecule has 1 fully saturated rings. The summed E-state index contributed by atoms with van der Waals surface area (Å²) in [4.78, 5) is 6.78. The van der Waals surface area contributed by atoms with Gasteiger partial charge in [-0.2, -0.15) is 10.4 Å². The molecule has 0 unspecified atom stereocenters. The van der Waals surface area contributed by atoms with Crippen LogP contribution in [0.2, 0.25) is 0 Å². The zero-order chi connectivity index (χ0) is 17.1. The van der Waals surface area contributed by atoms with Gasteiger partial charge in [0.05, 0.1) is 12.8 Å². The van der Waals surface area contributed by atoms with E-state index in [9.17, 15) is 5.26 Å². The number of nitrogens with zero attached hydrogens (tertiary/aromatic N) is 5. The maximum atomic E-state index is 9.22. The van der Waals surface area contributed by atoms with Crippen LogP contribution in [-0.2, 0) is 11.8 Å². The van der Waals surface area contributed by atoms with Crippen LogP contribution in [0.1, 0.15) is 29.7 Å². The molecule has 2 aromatic heterocycles. The Bertz CT molecular complexity index is 748. The normalized spacial score (nSPS) is 20.3. The quantitative estimate of drug-likeness (QED) is 0.843. The summed E-state index contributed by atoms with van der Waals surface area (Å²) >= 11 is 0. The highest BCUT2D eigenvalue weighted by Gasteiger charge is 2.35. The second-order valence-corrected chi connectivity index (χ2v) is 6.33. The van der Waals surface area contributed by atoms with Gasteiger partial charge in [-0.25, -0.2) is 4.98 Å². The lowest BCUT2D eigenvalue weighted by Crippen LogP contribution is -2.22. The molecule has 0 aliphatic carbocycles. The van der Waals surface area contributed by atoms with Crippen LogP contribution in [0.5, 0.6) is 0 Å². The number of rotatable bonds is 5. The highest BCUT2D eigenvalue weighted by atomic mass is 16.5. The molecule has 2 atom stereocenters. The molecule has 3 heterocycles. The minimum atomic E-state index is 0.360. The lowest BCUT2D eigenvalue weighted by atomic mass is 9.92. The predicted molar refractivity (Wildman–Crippen MR) is 91.8 cm³/mol. The standard InChI is InChI=1S/C18H23N5O/c1-4-24-12-15-10-23(11-16(15)14-8-20-22(3)9-14)18-6-5-13(2)17(7-19)21-18/h5-6,8-9,15-16H,4,10-12H2,1-3H3/t15-,16-/m0/s1. The average Bonchev–Trinajstić information content (AvgIpc) is 3.19. The van der Waals surface area contributed by atoms with E-state index in [1.54, 1.807) is 0 Å². The van der Waals surface area contributed by atoms with Crippen molar-refractivity contribution in [2.75, 3.05) is 31.2 Å². The molecule has 0 aromatic carbocycles. The number of pyridine rings is 1. The van der Waals surface area contributed by atoms with Crippen molar-refractivity contribution in [2.24, 2.45) is 13.0 Å². The average molecular weight is 325 g/mol. The first kappa shape index (κ1) is 16.5. The maximum Gasteiger partial charge on any atom is 0.145 e. The third kappa shape index (κ3) is 3.26. The number of nitriles is 1. The first-order valence-electron chi connectivity index (χ1n) is 8.31. The molecule has 0 bridgehead atoms. The highest BCUT2D eigenvalue weighted by molar-refractivity contribution is 5.47. The van der Waals surface area contributed by atoms with Gasteiger partial charge in [-0.1, -0.05) is 6.07 Å². The Labute approximate surface area is 142 Å². The van der Waals surface area contributed by atoms with E-state index in [2.05, 4.69) is 27.2 Å². The fourth-order valence-corrected chi connectivity index (χ4v) is 3.31. The number of hydrogen-bond acceptors (Lipinski definition) is 5. The molecule has 6 nitrogen and oxygen atoms in total. The van der Waals surface area contributed by atoms with Crippen LogP contribution in [0.4, 0.5) is 5.82 Å². The Morgan fingerprint density at radius 1 is 1.38 bits per heavy atom. The molecule has 1 saturated heterocycles. The SMILES string of the molecule is CCOC[C@@H]1CN(c2ccc(C)c(C#N)n2)C[C@H]1c1cnn(C)c1. The van der Waals surface area contributed by atoms with E-state index in [0.29, 0.717) is 17.5 Å². The van der Waals surface area contributed by atoms with E-state index in [-0.39, 0.29) is 0 Å². The van der Waals surface area contributed by atoms with Gasteiger partial charge in [0.1, 0.15) is 17.6 Å². The van der Waals surface area contributed by atoms with Crippen molar-refractivity contribution in [1.82, 2.24) is 14.8 Å². The molecular weight excluding hydrogens is 302 g/mol. The fourth-order valence-electron chi connectivity index (χ4n) is 3.31. The van der Waals surface area contributed by atoms with Gasteiger partial charge in [0.25, 0.3) is 0 Å². The van der Waals surface area contributed by atoms with Crippen LogP contribution in [-0.4, -0.2) is 41.1 Å². The van der Waals surface area contributed by atoms with Crippen molar-refractivity contribution < 1.29 is 4.74 Å². The van der Waals surface area contributed by atoms with Crippen molar-refractivity contribution >= 4 is 5.82 Å². The van der Waals surface area contributed by atoms with Crippen LogP contribution in [0, 0.1) is 24.2 Å². The summed E-state index contributed by atoms with van der Waals surface area (Å²) in [5, 5.41) is 13.5. The smallest absolute Gasteiger partial charge is 0.145 e. The largest absolute Gasteiger partial charge is 0.381 e. The second-order valence-electron chi connectivity index (χ2n) is 6.33. The van der Waals surface area contributed by atoms with E-state index < -0.39 is 0 Å². The van der Waals surface area contributed by atoms with Gasteiger partial charge >= 0.3 is 0 Å². The van der Waals surface area contributed by atoms with Crippen LogP contribution < -0.4 is 4.90 Å². The molecule has 2 aromatic rings. The summed E-state index contributed by atoms with van der Waals surface area (Å²) < 4.78 is 7.54. The maximum absolute atomic E-state index is 9.22. The van der Waals surface area contributed by atoms with Gasteiger partial charge in [-0.3, -0.25) is 4.68 Å². The molecule has 0 amide bonds. The molecular formula is C18H23N5O. The van der Waals surface area contributed by atoms with E-state index in [0.717, 1.165) is 37.7 Å². The van der Waals surface area contributed by atoms with Crippen molar-refractivity contribution in [2.45, 2.75) is 19.8 Å². The Balaban J connectivity index is 1.85. The van der Waals surface area contributed by atoms with E-state index in [1.165, 1.54) is 5.56 Å². The molecule has 126 valence electrons. The Kier molecular flexibility index (Phi) is 4.81. The number of aromatic nitrogens is 3. The summed E-state index contributed by atoms with van der Waals surface area (Å²) in [6, 6.07) is 6.14. The number of hydrogen-bond donors (Lipinski definition) is 0. The molecule has 0 saturated carbocycles. The fraction of sp³-hybridized carbons (Fsp3) is 0.500. The Morgan fingerprint density at radius 3 is 2.88 bits per heavy atom. The van der Waals surface area contributed by atoms with Gasteiger partial charge in [0.15, 0.2) is 0 Å². The highest BCUT2D eigenvalue weighted by Crippen LogP contribution is 2.35. The first-order chi connectivity index (χ1) is 11.6. The molecule has 1 aliphatic rings. The Morgan fingerprint density at radius 2 is 2.21 bits per heavy atom. The molecule has 0 N–H and O–H groups in total. The molecule has 1 aliphatic heterocycles. The first-order valence-corrected chi connectivity index (χ1v) is 8.31. The third-order valence-corrected chi connectivity index (χ3v) is 4.64. The van der Waals surface area contributed by atoms with Gasteiger partial charge in [0, 0.05) is 44.8 Å². The predicted octanol–water partition coefficient (Wildman–Crippen LogP) is 2.25. The van der Waals surface area contributed by atoms with Crippen LogP contribution in [0.3, 0.4) is 0 Å². The van der Waals surface area contributed by atoms with Crippen molar-refractivity contribution in [1.29, 1.82) is 5.26 Å².